The zero-order valence-corrected chi connectivity index (χ0v) is 13.2. The van der Waals surface area contributed by atoms with E-state index < -0.39 is 0 Å². The first kappa shape index (κ1) is 13.8. The second-order valence-corrected chi connectivity index (χ2v) is 5.54. The smallest absolute Gasteiger partial charge is 0.242 e. The predicted molar refractivity (Wildman–Crippen MR) is 81.6 cm³/mol. The Bertz CT molecular complexity index is 806. The molecule has 0 spiro atoms. The van der Waals surface area contributed by atoms with Gasteiger partial charge in [0.2, 0.25) is 5.91 Å². The normalized spacial score (nSPS) is 11.0. The Morgan fingerprint density at radius 3 is 2.86 bits per heavy atom. The first-order chi connectivity index (χ1) is 10.1. The van der Waals surface area contributed by atoms with Crippen LogP contribution in [0.25, 0.3) is 22.7 Å². The third-order valence-electron chi connectivity index (χ3n) is 3.09. The molecule has 3 heterocycles. The molecule has 0 saturated carbocycles. The molecule has 3 aromatic rings. The Hall–Kier alpha value is -2.15. The van der Waals surface area contributed by atoms with Crippen LogP contribution in [0.5, 0.6) is 0 Å². The van der Waals surface area contributed by atoms with E-state index in [0.29, 0.717) is 21.9 Å². The highest BCUT2D eigenvalue weighted by molar-refractivity contribution is 9.10. The van der Waals surface area contributed by atoms with Crippen LogP contribution < -0.4 is 0 Å². The summed E-state index contributed by atoms with van der Waals surface area (Å²) in [5.41, 5.74) is 1.39. The fourth-order valence-corrected chi connectivity index (χ4v) is 2.31. The molecule has 6 nitrogen and oxygen atoms in total. The summed E-state index contributed by atoms with van der Waals surface area (Å²) < 4.78 is 7.94. The third kappa shape index (κ3) is 2.56. The topological polar surface area (TPSA) is 64.2 Å². The summed E-state index contributed by atoms with van der Waals surface area (Å²) in [6.45, 7) is 0.161. The summed E-state index contributed by atoms with van der Waals surface area (Å²) >= 11 is 3.28. The number of halogens is 1. The molecule has 0 fully saturated rings. The van der Waals surface area contributed by atoms with Crippen LogP contribution in [-0.4, -0.2) is 39.4 Å². The SMILES string of the molecule is CN(C)C(=O)Cn1c(-c2ccc(Br)o2)nc2cccnc21. The molecular formula is C14H13BrN4O2. The molecule has 7 heteroatoms. The number of furan rings is 1. The summed E-state index contributed by atoms with van der Waals surface area (Å²) in [5.74, 6) is 1.14. The van der Waals surface area contributed by atoms with Crippen molar-refractivity contribution in [3.8, 4) is 11.6 Å². The quantitative estimate of drug-likeness (QED) is 0.729. The van der Waals surface area contributed by atoms with Gasteiger partial charge in [-0.15, -0.1) is 0 Å². The second kappa shape index (κ2) is 5.33. The van der Waals surface area contributed by atoms with Gasteiger partial charge in [0.15, 0.2) is 21.9 Å². The van der Waals surface area contributed by atoms with Gasteiger partial charge in [0.05, 0.1) is 0 Å². The van der Waals surface area contributed by atoms with Gasteiger partial charge in [-0.05, 0) is 40.2 Å². The summed E-state index contributed by atoms with van der Waals surface area (Å²) in [5, 5.41) is 0. The van der Waals surface area contributed by atoms with E-state index in [1.54, 1.807) is 30.9 Å². The number of nitrogens with zero attached hydrogens (tertiary/aromatic N) is 4. The number of hydrogen-bond acceptors (Lipinski definition) is 4. The van der Waals surface area contributed by atoms with E-state index in [4.69, 9.17) is 4.42 Å². The molecule has 0 N–H and O–H groups in total. The number of hydrogen-bond donors (Lipinski definition) is 0. The summed E-state index contributed by atoms with van der Waals surface area (Å²) in [6.07, 6.45) is 1.68. The number of pyridine rings is 1. The largest absolute Gasteiger partial charge is 0.446 e. The van der Waals surface area contributed by atoms with Crippen molar-refractivity contribution in [1.29, 1.82) is 0 Å². The van der Waals surface area contributed by atoms with Crippen molar-refractivity contribution >= 4 is 33.0 Å². The Morgan fingerprint density at radius 1 is 1.38 bits per heavy atom. The molecular weight excluding hydrogens is 336 g/mol. The average molecular weight is 349 g/mol. The van der Waals surface area contributed by atoms with Crippen molar-refractivity contribution < 1.29 is 9.21 Å². The fourth-order valence-electron chi connectivity index (χ4n) is 2.01. The number of amides is 1. The highest BCUT2D eigenvalue weighted by Crippen LogP contribution is 2.27. The molecule has 3 aromatic heterocycles. The van der Waals surface area contributed by atoms with Gasteiger partial charge in [0, 0.05) is 20.3 Å². The number of carbonyl (C=O) groups excluding carboxylic acids is 1. The van der Waals surface area contributed by atoms with Gasteiger partial charge in [0.25, 0.3) is 0 Å². The minimum Gasteiger partial charge on any atom is -0.446 e. The molecule has 0 aliphatic rings. The number of imidazole rings is 1. The molecule has 0 aromatic carbocycles. The van der Waals surface area contributed by atoms with Crippen molar-refractivity contribution in [3.63, 3.8) is 0 Å². The van der Waals surface area contributed by atoms with Gasteiger partial charge in [-0.2, -0.15) is 0 Å². The maximum Gasteiger partial charge on any atom is 0.242 e. The van der Waals surface area contributed by atoms with Crippen molar-refractivity contribution in [3.05, 3.63) is 35.1 Å². The molecule has 0 bridgehead atoms. The highest BCUT2D eigenvalue weighted by Gasteiger charge is 2.19. The molecule has 3 rings (SSSR count). The predicted octanol–water partition coefficient (Wildman–Crippen LogP) is 2.54. The van der Waals surface area contributed by atoms with Crippen LogP contribution in [0.1, 0.15) is 0 Å². The third-order valence-corrected chi connectivity index (χ3v) is 3.52. The van der Waals surface area contributed by atoms with E-state index in [-0.39, 0.29) is 12.5 Å². The van der Waals surface area contributed by atoms with Crippen LogP contribution in [-0.2, 0) is 11.3 Å². The van der Waals surface area contributed by atoms with Gasteiger partial charge in [-0.1, -0.05) is 0 Å². The van der Waals surface area contributed by atoms with E-state index in [1.165, 1.54) is 4.90 Å². The molecule has 0 aliphatic carbocycles. The summed E-state index contributed by atoms with van der Waals surface area (Å²) in [4.78, 5) is 22.4. The van der Waals surface area contributed by atoms with Crippen molar-refractivity contribution in [1.82, 2.24) is 19.4 Å². The average Bonchev–Trinajstić information content (AvgIpc) is 3.03. The monoisotopic (exact) mass is 348 g/mol. The molecule has 0 radical (unpaired) electrons. The van der Waals surface area contributed by atoms with E-state index in [0.717, 1.165) is 5.52 Å². The first-order valence-electron chi connectivity index (χ1n) is 6.33. The molecule has 0 unspecified atom stereocenters. The maximum atomic E-state index is 12.1. The summed E-state index contributed by atoms with van der Waals surface area (Å²) in [7, 11) is 3.44. The van der Waals surface area contributed by atoms with Crippen LogP contribution in [0.2, 0.25) is 0 Å². The lowest BCUT2D eigenvalue weighted by Gasteiger charge is -2.12. The van der Waals surface area contributed by atoms with Gasteiger partial charge < -0.3 is 9.32 Å². The summed E-state index contributed by atoms with van der Waals surface area (Å²) in [6, 6.07) is 7.28. The number of likely N-dealkylation sites (N-methyl/N-ethyl adjacent to an activating group) is 1. The van der Waals surface area contributed by atoms with Gasteiger partial charge in [-0.25, -0.2) is 9.97 Å². The van der Waals surface area contributed by atoms with Crippen LogP contribution in [0.3, 0.4) is 0 Å². The Morgan fingerprint density at radius 2 is 2.19 bits per heavy atom. The zero-order chi connectivity index (χ0) is 15.0. The Kier molecular flexibility index (Phi) is 3.50. The Balaban J connectivity index is 2.16. The minimum atomic E-state index is -0.0353. The minimum absolute atomic E-state index is 0.0353. The van der Waals surface area contributed by atoms with Crippen molar-refractivity contribution in [2.45, 2.75) is 6.54 Å². The number of aromatic nitrogens is 3. The van der Waals surface area contributed by atoms with Crippen molar-refractivity contribution in [2.75, 3.05) is 14.1 Å². The van der Waals surface area contributed by atoms with E-state index >= 15 is 0 Å². The Labute approximate surface area is 129 Å². The van der Waals surface area contributed by atoms with E-state index in [1.807, 2.05) is 18.2 Å². The van der Waals surface area contributed by atoms with Crippen LogP contribution in [0.15, 0.2) is 39.5 Å². The standard InChI is InChI=1S/C14H13BrN4O2/c1-18(2)12(20)8-19-13-9(4-3-7-16-13)17-14(19)10-5-6-11(15)21-10/h3-7H,8H2,1-2H3. The van der Waals surface area contributed by atoms with Crippen LogP contribution in [0.4, 0.5) is 0 Å². The molecule has 0 saturated heterocycles. The van der Waals surface area contributed by atoms with Gasteiger partial charge in [-0.3, -0.25) is 9.36 Å². The molecule has 1 amide bonds. The zero-order valence-electron chi connectivity index (χ0n) is 11.6. The van der Waals surface area contributed by atoms with E-state index in [2.05, 4.69) is 25.9 Å². The number of carbonyl (C=O) groups is 1. The molecule has 21 heavy (non-hydrogen) atoms. The lowest BCUT2D eigenvalue weighted by molar-refractivity contribution is -0.129. The number of rotatable bonds is 3. The maximum absolute atomic E-state index is 12.1. The van der Waals surface area contributed by atoms with Crippen LogP contribution >= 0.6 is 15.9 Å². The van der Waals surface area contributed by atoms with Gasteiger partial charge >= 0.3 is 0 Å². The highest BCUT2D eigenvalue weighted by atomic mass is 79.9. The first-order valence-corrected chi connectivity index (χ1v) is 7.12. The number of fused-ring (bicyclic) bond motifs is 1. The fraction of sp³-hybridized carbons (Fsp3) is 0.214. The second-order valence-electron chi connectivity index (χ2n) is 4.76. The van der Waals surface area contributed by atoms with E-state index in [9.17, 15) is 4.79 Å². The van der Waals surface area contributed by atoms with Crippen LogP contribution in [0, 0.1) is 0 Å². The molecule has 0 atom stereocenters. The van der Waals surface area contributed by atoms with Crippen molar-refractivity contribution in [2.24, 2.45) is 0 Å². The lowest BCUT2D eigenvalue weighted by atomic mass is 10.4. The van der Waals surface area contributed by atoms with Gasteiger partial charge in [0.1, 0.15) is 12.1 Å². The molecule has 108 valence electrons. The lowest BCUT2D eigenvalue weighted by Crippen LogP contribution is -2.26. The molecule has 0 aliphatic heterocycles.